The summed E-state index contributed by atoms with van der Waals surface area (Å²) < 4.78 is 5.88. The zero-order valence-corrected chi connectivity index (χ0v) is 13.4. The summed E-state index contributed by atoms with van der Waals surface area (Å²) >= 11 is 6.30. The molecule has 112 valence electrons. The number of nitrogens with zero attached hydrogens (tertiary/aromatic N) is 1. The molecule has 0 heterocycles. The van der Waals surface area contributed by atoms with Crippen molar-refractivity contribution >= 4 is 17.3 Å². The first-order valence-corrected chi connectivity index (χ1v) is 7.42. The van der Waals surface area contributed by atoms with E-state index in [0.29, 0.717) is 10.8 Å². The molecule has 0 unspecified atom stereocenters. The summed E-state index contributed by atoms with van der Waals surface area (Å²) in [5.41, 5.74) is 2.24. The van der Waals surface area contributed by atoms with Crippen molar-refractivity contribution in [3.05, 3.63) is 53.1 Å². The Bertz CT molecular complexity index is 599. The van der Waals surface area contributed by atoms with Crippen LogP contribution >= 0.6 is 11.6 Å². The van der Waals surface area contributed by atoms with Gasteiger partial charge in [-0.15, -0.1) is 0 Å². The van der Waals surface area contributed by atoms with Crippen molar-refractivity contribution in [3.63, 3.8) is 0 Å². The first-order valence-electron chi connectivity index (χ1n) is 7.04. The molecule has 0 amide bonds. The number of hydrogen-bond acceptors (Lipinski definition) is 3. The highest BCUT2D eigenvalue weighted by molar-refractivity contribution is 6.32. The van der Waals surface area contributed by atoms with Gasteiger partial charge < -0.3 is 15.0 Å². The van der Waals surface area contributed by atoms with Crippen LogP contribution in [0.3, 0.4) is 0 Å². The fourth-order valence-corrected chi connectivity index (χ4v) is 2.20. The highest BCUT2D eigenvalue weighted by atomic mass is 35.5. The van der Waals surface area contributed by atoms with E-state index >= 15 is 0 Å². The van der Waals surface area contributed by atoms with Gasteiger partial charge in [0.2, 0.25) is 0 Å². The van der Waals surface area contributed by atoms with Crippen LogP contribution < -0.4 is 15.0 Å². The molecular weight excluding hydrogens is 284 g/mol. The molecule has 2 rings (SSSR count). The Labute approximate surface area is 131 Å². The highest BCUT2D eigenvalue weighted by Gasteiger charge is 2.06. The molecule has 3 nitrogen and oxygen atoms in total. The standard InChI is InChI=1S/C17H21ClN2O/c1-4-19-12-13-8-9-17(16(18)10-13)21-15-7-5-6-14(11-15)20(2)3/h5-11,19H,4,12H2,1-3H3. The van der Waals surface area contributed by atoms with Gasteiger partial charge in [-0.3, -0.25) is 0 Å². The lowest BCUT2D eigenvalue weighted by molar-refractivity contribution is 0.482. The smallest absolute Gasteiger partial charge is 0.146 e. The van der Waals surface area contributed by atoms with E-state index in [-0.39, 0.29) is 0 Å². The summed E-state index contributed by atoms with van der Waals surface area (Å²) in [6, 6.07) is 13.8. The Kier molecular flexibility index (Phi) is 5.48. The molecule has 0 aliphatic heterocycles. The molecule has 0 aliphatic rings. The molecule has 0 radical (unpaired) electrons. The SMILES string of the molecule is CCNCc1ccc(Oc2cccc(N(C)C)c2)c(Cl)c1. The molecule has 21 heavy (non-hydrogen) atoms. The highest BCUT2D eigenvalue weighted by Crippen LogP contribution is 2.31. The predicted octanol–water partition coefficient (Wildman–Crippen LogP) is 4.31. The third-order valence-electron chi connectivity index (χ3n) is 3.14. The van der Waals surface area contributed by atoms with E-state index in [9.17, 15) is 0 Å². The number of anilines is 1. The van der Waals surface area contributed by atoms with Gasteiger partial charge in [0.1, 0.15) is 11.5 Å². The minimum atomic E-state index is 0.626. The Balaban J connectivity index is 2.14. The molecule has 0 aromatic heterocycles. The number of ether oxygens (including phenoxy) is 1. The maximum absolute atomic E-state index is 6.30. The van der Waals surface area contributed by atoms with Gasteiger partial charge in [-0.1, -0.05) is 30.7 Å². The van der Waals surface area contributed by atoms with Crippen molar-refractivity contribution < 1.29 is 4.74 Å². The van der Waals surface area contributed by atoms with Crippen LogP contribution in [0.4, 0.5) is 5.69 Å². The summed E-state index contributed by atoms with van der Waals surface area (Å²) in [5.74, 6) is 1.45. The molecule has 2 aromatic rings. The lowest BCUT2D eigenvalue weighted by Crippen LogP contribution is -2.11. The minimum Gasteiger partial charge on any atom is -0.456 e. The molecule has 0 fully saturated rings. The maximum atomic E-state index is 6.30. The Morgan fingerprint density at radius 1 is 1.14 bits per heavy atom. The second-order valence-electron chi connectivity index (χ2n) is 5.04. The number of rotatable bonds is 6. The van der Waals surface area contributed by atoms with E-state index in [2.05, 4.69) is 12.2 Å². The largest absolute Gasteiger partial charge is 0.456 e. The third kappa shape index (κ3) is 4.38. The molecule has 1 N–H and O–H groups in total. The summed E-state index contributed by atoms with van der Waals surface area (Å²) in [5, 5.41) is 3.90. The molecule has 0 saturated carbocycles. The normalized spacial score (nSPS) is 10.5. The van der Waals surface area contributed by atoms with Crippen molar-refractivity contribution in [1.29, 1.82) is 0 Å². The van der Waals surface area contributed by atoms with Crippen LogP contribution in [0.1, 0.15) is 12.5 Å². The molecule has 0 bridgehead atoms. The number of benzene rings is 2. The zero-order chi connectivity index (χ0) is 15.2. The van der Waals surface area contributed by atoms with Gasteiger partial charge in [-0.05, 0) is 36.4 Å². The molecule has 0 atom stereocenters. The lowest BCUT2D eigenvalue weighted by atomic mass is 10.2. The van der Waals surface area contributed by atoms with Gasteiger partial charge in [0.15, 0.2) is 0 Å². The zero-order valence-electron chi connectivity index (χ0n) is 12.7. The maximum Gasteiger partial charge on any atom is 0.146 e. The monoisotopic (exact) mass is 304 g/mol. The quantitative estimate of drug-likeness (QED) is 0.860. The minimum absolute atomic E-state index is 0.626. The fourth-order valence-electron chi connectivity index (χ4n) is 1.96. The van der Waals surface area contributed by atoms with Crippen LogP contribution in [0.15, 0.2) is 42.5 Å². The molecule has 2 aromatic carbocycles. The van der Waals surface area contributed by atoms with Crippen molar-refractivity contribution in [2.24, 2.45) is 0 Å². The lowest BCUT2D eigenvalue weighted by Gasteiger charge is -2.14. The molecule has 0 saturated heterocycles. The van der Waals surface area contributed by atoms with Gasteiger partial charge >= 0.3 is 0 Å². The summed E-state index contributed by atoms with van der Waals surface area (Å²) in [7, 11) is 4.00. The predicted molar refractivity (Wildman–Crippen MR) is 89.7 cm³/mol. The van der Waals surface area contributed by atoms with Crippen molar-refractivity contribution in [2.75, 3.05) is 25.5 Å². The Morgan fingerprint density at radius 3 is 2.62 bits per heavy atom. The molecular formula is C17H21ClN2O. The van der Waals surface area contributed by atoms with E-state index in [4.69, 9.17) is 16.3 Å². The van der Waals surface area contributed by atoms with E-state index < -0.39 is 0 Å². The van der Waals surface area contributed by atoms with Crippen molar-refractivity contribution in [2.45, 2.75) is 13.5 Å². The average molecular weight is 305 g/mol. The van der Waals surface area contributed by atoms with Crippen LogP contribution in [-0.2, 0) is 6.54 Å². The fraction of sp³-hybridized carbons (Fsp3) is 0.294. The number of nitrogens with one attached hydrogen (secondary N) is 1. The van der Waals surface area contributed by atoms with E-state index in [1.165, 1.54) is 0 Å². The van der Waals surface area contributed by atoms with Gasteiger partial charge in [0.05, 0.1) is 5.02 Å². The summed E-state index contributed by atoms with van der Waals surface area (Å²) in [6.45, 7) is 3.83. The first kappa shape index (κ1) is 15.7. The van der Waals surface area contributed by atoms with Crippen LogP contribution in [-0.4, -0.2) is 20.6 Å². The van der Waals surface area contributed by atoms with Crippen LogP contribution in [0, 0.1) is 0 Å². The van der Waals surface area contributed by atoms with E-state index in [1.54, 1.807) is 0 Å². The Morgan fingerprint density at radius 2 is 1.95 bits per heavy atom. The van der Waals surface area contributed by atoms with Gasteiger partial charge in [0.25, 0.3) is 0 Å². The van der Waals surface area contributed by atoms with Crippen LogP contribution in [0.5, 0.6) is 11.5 Å². The summed E-state index contributed by atoms with van der Waals surface area (Å²) in [6.07, 6.45) is 0. The van der Waals surface area contributed by atoms with Crippen molar-refractivity contribution in [3.8, 4) is 11.5 Å². The number of hydrogen-bond donors (Lipinski definition) is 1. The Hall–Kier alpha value is -1.71. The van der Waals surface area contributed by atoms with Gasteiger partial charge in [-0.25, -0.2) is 0 Å². The van der Waals surface area contributed by atoms with E-state index in [0.717, 1.165) is 30.1 Å². The average Bonchev–Trinajstić information content (AvgIpc) is 2.48. The second-order valence-corrected chi connectivity index (χ2v) is 5.45. The van der Waals surface area contributed by atoms with Crippen molar-refractivity contribution in [1.82, 2.24) is 5.32 Å². The van der Waals surface area contributed by atoms with Gasteiger partial charge in [0, 0.05) is 32.4 Å². The van der Waals surface area contributed by atoms with E-state index in [1.807, 2.05) is 61.5 Å². The third-order valence-corrected chi connectivity index (χ3v) is 3.43. The molecule has 0 aliphatic carbocycles. The molecule has 0 spiro atoms. The summed E-state index contributed by atoms with van der Waals surface area (Å²) in [4.78, 5) is 2.04. The van der Waals surface area contributed by atoms with Crippen LogP contribution in [0.2, 0.25) is 5.02 Å². The number of halogens is 1. The topological polar surface area (TPSA) is 24.5 Å². The molecule has 4 heteroatoms. The van der Waals surface area contributed by atoms with Gasteiger partial charge in [-0.2, -0.15) is 0 Å². The van der Waals surface area contributed by atoms with Crippen LogP contribution in [0.25, 0.3) is 0 Å². The second kappa shape index (κ2) is 7.34. The first-order chi connectivity index (χ1) is 10.1.